The molecule has 30 heavy (non-hydrogen) atoms. The highest BCUT2D eigenvalue weighted by Gasteiger charge is 2.17. The Balaban J connectivity index is 1.64. The number of halogens is 1. The third-order valence-electron chi connectivity index (χ3n) is 4.54. The fourth-order valence-electron chi connectivity index (χ4n) is 2.84. The van der Waals surface area contributed by atoms with E-state index in [4.69, 9.17) is 5.73 Å². The van der Waals surface area contributed by atoms with Gasteiger partial charge in [-0.25, -0.2) is 9.37 Å². The molecule has 0 saturated heterocycles. The summed E-state index contributed by atoms with van der Waals surface area (Å²) >= 11 is 1.50. The molecule has 0 saturated carbocycles. The van der Waals surface area contributed by atoms with Crippen molar-refractivity contribution in [1.29, 1.82) is 0 Å². The van der Waals surface area contributed by atoms with Crippen molar-refractivity contribution >= 4 is 28.8 Å². The van der Waals surface area contributed by atoms with E-state index in [0.717, 1.165) is 16.3 Å². The van der Waals surface area contributed by atoms with Gasteiger partial charge in [0.25, 0.3) is 0 Å². The third kappa shape index (κ3) is 5.71. The van der Waals surface area contributed by atoms with Crippen LogP contribution in [-0.2, 0) is 11.3 Å². The number of amides is 2. The summed E-state index contributed by atoms with van der Waals surface area (Å²) in [6.45, 7) is 4.74. The molecule has 3 rings (SSSR count). The summed E-state index contributed by atoms with van der Waals surface area (Å²) in [6, 6.07) is 12.8. The van der Waals surface area contributed by atoms with Crippen LogP contribution in [0.1, 0.15) is 29.9 Å². The maximum absolute atomic E-state index is 13.0. The Morgan fingerprint density at radius 1 is 1.13 bits per heavy atom. The molecule has 0 aliphatic carbocycles. The van der Waals surface area contributed by atoms with Crippen LogP contribution < -0.4 is 11.1 Å². The zero-order chi connectivity index (χ0) is 21.7. The molecule has 0 atom stereocenters. The number of aromatic nitrogens is 1. The predicted octanol–water partition coefficient (Wildman–Crippen LogP) is 3.90. The quantitative estimate of drug-likeness (QED) is 0.572. The van der Waals surface area contributed by atoms with Crippen LogP contribution in [0.3, 0.4) is 0 Å². The number of hydrogen-bond donors (Lipinski definition) is 2. The molecular weight excluding hydrogens is 403 g/mol. The lowest BCUT2D eigenvalue weighted by molar-refractivity contribution is -0.117. The summed E-state index contributed by atoms with van der Waals surface area (Å²) in [4.78, 5) is 30.3. The lowest BCUT2D eigenvalue weighted by atomic mass is 10.1. The summed E-state index contributed by atoms with van der Waals surface area (Å²) in [5, 5.41) is 5.58. The number of benzene rings is 2. The molecule has 0 radical (unpaired) electrons. The van der Waals surface area contributed by atoms with Crippen LogP contribution in [0.15, 0.2) is 53.9 Å². The molecule has 0 aliphatic heterocycles. The summed E-state index contributed by atoms with van der Waals surface area (Å²) < 4.78 is 13.0. The first kappa shape index (κ1) is 21.6. The Bertz CT molecular complexity index is 1020. The minimum atomic E-state index is -0.465. The molecule has 0 fully saturated rings. The molecule has 3 aromatic rings. The highest BCUT2D eigenvalue weighted by molar-refractivity contribution is 7.13. The monoisotopic (exact) mass is 426 g/mol. The second-order valence-corrected chi connectivity index (χ2v) is 8.00. The normalized spacial score (nSPS) is 11.1. The van der Waals surface area contributed by atoms with E-state index in [1.54, 1.807) is 12.1 Å². The number of nitrogens with two attached hydrogens (primary N) is 1. The minimum Gasteiger partial charge on any atom is -0.366 e. The number of carbonyl (C=O) groups excluding carboxylic acids is 2. The van der Waals surface area contributed by atoms with Crippen molar-refractivity contribution in [1.82, 2.24) is 9.88 Å². The molecule has 2 aromatic carbocycles. The number of hydrogen-bond acceptors (Lipinski definition) is 5. The molecule has 156 valence electrons. The number of thiazole rings is 1. The first-order valence-corrected chi connectivity index (χ1v) is 10.3. The fourth-order valence-corrected chi connectivity index (χ4v) is 3.65. The van der Waals surface area contributed by atoms with Crippen LogP contribution in [-0.4, -0.2) is 34.3 Å². The summed E-state index contributed by atoms with van der Waals surface area (Å²) in [7, 11) is 0. The van der Waals surface area contributed by atoms with Crippen molar-refractivity contribution in [3.05, 3.63) is 71.0 Å². The SMILES string of the molecule is CC(C)N(CC(=O)Nc1ccc(F)cc1)Cc1csc(-c2ccc(C(N)=O)cc2)n1. The van der Waals surface area contributed by atoms with E-state index in [0.29, 0.717) is 17.8 Å². The van der Waals surface area contributed by atoms with Gasteiger partial charge in [-0.15, -0.1) is 11.3 Å². The first-order valence-electron chi connectivity index (χ1n) is 9.46. The highest BCUT2D eigenvalue weighted by atomic mass is 32.1. The maximum atomic E-state index is 13.0. The lowest BCUT2D eigenvalue weighted by Gasteiger charge is -2.25. The van der Waals surface area contributed by atoms with Gasteiger partial charge in [0, 0.05) is 34.8 Å². The average Bonchev–Trinajstić information content (AvgIpc) is 3.18. The van der Waals surface area contributed by atoms with Crippen molar-refractivity contribution in [3.8, 4) is 10.6 Å². The second-order valence-electron chi connectivity index (χ2n) is 7.14. The lowest BCUT2D eigenvalue weighted by Crippen LogP contribution is -2.37. The molecule has 8 heteroatoms. The fraction of sp³-hybridized carbons (Fsp3) is 0.227. The predicted molar refractivity (Wildman–Crippen MR) is 117 cm³/mol. The number of carbonyl (C=O) groups is 2. The summed E-state index contributed by atoms with van der Waals surface area (Å²) in [5.74, 6) is -0.985. The Labute approximate surface area is 178 Å². The van der Waals surface area contributed by atoms with Crippen LogP contribution in [0.2, 0.25) is 0 Å². The van der Waals surface area contributed by atoms with Gasteiger partial charge in [0.15, 0.2) is 0 Å². The van der Waals surface area contributed by atoms with E-state index in [1.165, 1.54) is 35.6 Å². The van der Waals surface area contributed by atoms with E-state index in [-0.39, 0.29) is 24.3 Å². The molecule has 1 heterocycles. The van der Waals surface area contributed by atoms with Gasteiger partial charge in [-0.2, -0.15) is 0 Å². The Morgan fingerprint density at radius 3 is 2.40 bits per heavy atom. The molecule has 3 N–H and O–H groups in total. The van der Waals surface area contributed by atoms with Crippen LogP contribution in [0, 0.1) is 5.82 Å². The van der Waals surface area contributed by atoms with Crippen LogP contribution in [0.25, 0.3) is 10.6 Å². The van der Waals surface area contributed by atoms with Gasteiger partial charge in [0.05, 0.1) is 12.2 Å². The molecule has 0 unspecified atom stereocenters. The molecule has 1 aromatic heterocycles. The van der Waals surface area contributed by atoms with E-state index in [9.17, 15) is 14.0 Å². The number of nitrogens with zero attached hydrogens (tertiary/aromatic N) is 2. The molecule has 0 spiro atoms. The number of primary amides is 1. The number of anilines is 1. The molecule has 0 aliphatic rings. The zero-order valence-corrected chi connectivity index (χ0v) is 17.6. The third-order valence-corrected chi connectivity index (χ3v) is 5.48. The van der Waals surface area contributed by atoms with Gasteiger partial charge >= 0.3 is 0 Å². The van der Waals surface area contributed by atoms with Crippen molar-refractivity contribution in [3.63, 3.8) is 0 Å². The van der Waals surface area contributed by atoms with E-state index in [2.05, 4.69) is 10.3 Å². The number of nitrogens with one attached hydrogen (secondary N) is 1. The molecule has 0 bridgehead atoms. The second kappa shape index (κ2) is 9.60. The van der Waals surface area contributed by atoms with Gasteiger partial charge in [-0.05, 0) is 50.2 Å². The largest absolute Gasteiger partial charge is 0.366 e. The maximum Gasteiger partial charge on any atom is 0.248 e. The van der Waals surface area contributed by atoms with Gasteiger partial charge in [0.2, 0.25) is 11.8 Å². The topological polar surface area (TPSA) is 88.3 Å². The van der Waals surface area contributed by atoms with Crippen molar-refractivity contribution in [2.75, 3.05) is 11.9 Å². The van der Waals surface area contributed by atoms with Gasteiger partial charge in [0.1, 0.15) is 10.8 Å². The first-order chi connectivity index (χ1) is 14.3. The molecule has 2 amide bonds. The standard InChI is InChI=1S/C22H23FN4O2S/c1-14(2)27(12-20(28)25-18-9-7-17(23)8-10-18)11-19-13-30-22(26-19)16-5-3-15(4-6-16)21(24)29/h3-10,13-14H,11-12H2,1-2H3,(H2,24,29)(H,25,28). The van der Waals surface area contributed by atoms with E-state index < -0.39 is 5.91 Å². The van der Waals surface area contributed by atoms with Crippen LogP contribution in [0.5, 0.6) is 0 Å². The Morgan fingerprint density at radius 2 is 1.80 bits per heavy atom. The van der Waals surface area contributed by atoms with E-state index >= 15 is 0 Å². The van der Waals surface area contributed by atoms with Gasteiger partial charge in [-0.3, -0.25) is 14.5 Å². The van der Waals surface area contributed by atoms with Crippen molar-refractivity contribution in [2.45, 2.75) is 26.4 Å². The molecular formula is C22H23FN4O2S. The zero-order valence-electron chi connectivity index (χ0n) is 16.8. The number of rotatable bonds is 8. The summed E-state index contributed by atoms with van der Waals surface area (Å²) in [6.07, 6.45) is 0. The summed E-state index contributed by atoms with van der Waals surface area (Å²) in [5.41, 5.74) is 8.05. The Hall–Kier alpha value is -3.10. The van der Waals surface area contributed by atoms with E-state index in [1.807, 2.05) is 36.3 Å². The smallest absolute Gasteiger partial charge is 0.248 e. The van der Waals surface area contributed by atoms with Gasteiger partial charge in [-0.1, -0.05) is 12.1 Å². The average molecular weight is 427 g/mol. The minimum absolute atomic E-state index is 0.129. The highest BCUT2D eigenvalue weighted by Crippen LogP contribution is 2.25. The van der Waals surface area contributed by atoms with Crippen molar-refractivity contribution < 1.29 is 14.0 Å². The van der Waals surface area contributed by atoms with Crippen LogP contribution >= 0.6 is 11.3 Å². The van der Waals surface area contributed by atoms with Crippen LogP contribution in [0.4, 0.5) is 10.1 Å². The Kier molecular flexibility index (Phi) is 6.91. The van der Waals surface area contributed by atoms with Gasteiger partial charge < -0.3 is 11.1 Å². The van der Waals surface area contributed by atoms with Crippen molar-refractivity contribution in [2.24, 2.45) is 5.73 Å². The molecule has 6 nitrogen and oxygen atoms in total.